The fourth-order valence-corrected chi connectivity index (χ4v) is 2.77. The first kappa shape index (κ1) is 15.9. The van der Waals surface area contributed by atoms with Crippen molar-refractivity contribution in [2.24, 2.45) is 0 Å². The molecule has 0 saturated carbocycles. The summed E-state index contributed by atoms with van der Waals surface area (Å²) in [6, 6.07) is 14.2. The number of carbonyl (C=O) groups is 3. The van der Waals surface area contributed by atoms with Crippen LogP contribution in [0.5, 0.6) is 0 Å². The highest BCUT2D eigenvalue weighted by molar-refractivity contribution is 6.22. The van der Waals surface area contributed by atoms with E-state index in [1.807, 2.05) is 24.3 Å². The van der Waals surface area contributed by atoms with Crippen LogP contribution >= 0.6 is 0 Å². The second kappa shape index (κ2) is 6.66. The lowest BCUT2D eigenvalue weighted by molar-refractivity contribution is -0.116. The lowest BCUT2D eigenvalue weighted by atomic mass is 10.1. The van der Waals surface area contributed by atoms with Crippen LogP contribution in [0.3, 0.4) is 0 Å². The smallest absolute Gasteiger partial charge is 0.262 e. The molecule has 0 atom stereocenters. The molecule has 5 heteroatoms. The van der Waals surface area contributed by atoms with Crippen LogP contribution < -0.4 is 5.32 Å². The predicted octanol–water partition coefficient (Wildman–Crippen LogP) is 2.87. The predicted molar refractivity (Wildman–Crippen MR) is 90.9 cm³/mol. The van der Waals surface area contributed by atoms with Crippen molar-refractivity contribution in [3.8, 4) is 0 Å². The summed E-state index contributed by atoms with van der Waals surface area (Å²) >= 11 is 0. The molecule has 0 aromatic heterocycles. The van der Waals surface area contributed by atoms with Crippen LogP contribution in [0, 0.1) is 0 Å². The molecule has 122 valence electrons. The summed E-state index contributed by atoms with van der Waals surface area (Å²) in [4.78, 5) is 37.6. The third kappa shape index (κ3) is 3.06. The van der Waals surface area contributed by atoms with E-state index in [0.29, 0.717) is 16.8 Å². The molecule has 1 aliphatic heterocycles. The highest BCUT2D eigenvalue weighted by Crippen LogP contribution is 2.22. The average Bonchev–Trinajstić information content (AvgIpc) is 2.82. The van der Waals surface area contributed by atoms with E-state index in [1.165, 1.54) is 5.56 Å². The zero-order valence-electron chi connectivity index (χ0n) is 13.4. The van der Waals surface area contributed by atoms with Gasteiger partial charge in [0.1, 0.15) is 6.54 Å². The topological polar surface area (TPSA) is 66.5 Å². The molecule has 0 aliphatic carbocycles. The number of anilines is 1. The number of carbonyl (C=O) groups excluding carboxylic acids is 3. The van der Waals surface area contributed by atoms with E-state index < -0.39 is 17.7 Å². The van der Waals surface area contributed by atoms with E-state index >= 15 is 0 Å². The van der Waals surface area contributed by atoms with Crippen molar-refractivity contribution in [2.75, 3.05) is 11.9 Å². The molecule has 2 aromatic rings. The summed E-state index contributed by atoms with van der Waals surface area (Å²) in [5.74, 6) is -1.25. The largest absolute Gasteiger partial charge is 0.325 e. The molecule has 0 bridgehead atoms. The standard InChI is InChI=1S/C19H18N2O3/c1-2-5-13-8-10-14(11-9-13)20-17(22)12-21-18(23)15-6-3-4-7-16(15)19(21)24/h3-4,6-11H,2,5,12H2,1H3,(H,20,22). The van der Waals surface area contributed by atoms with Gasteiger partial charge in [0.05, 0.1) is 11.1 Å². The number of nitrogens with one attached hydrogen (secondary N) is 1. The summed E-state index contributed by atoms with van der Waals surface area (Å²) in [6.07, 6.45) is 2.05. The van der Waals surface area contributed by atoms with Gasteiger partial charge in [0.2, 0.25) is 5.91 Å². The molecule has 0 fully saturated rings. The zero-order chi connectivity index (χ0) is 17.1. The Morgan fingerprint density at radius 1 is 0.958 bits per heavy atom. The lowest BCUT2D eigenvalue weighted by Gasteiger charge is -2.13. The van der Waals surface area contributed by atoms with Crippen LogP contribution in [0.4, 0.5) is 5.69 Å². The third-order valence-corrected chi connectivity index (χ3v) is 3.96. The summed E-state index contributed by atoms with van der Waals surface area (Å²) in [5, 5.41) is 2.72. The number of benzene rings is 2. The van der Waals surface area contributed by atoms with Gasteiger partial charge in [-0.2, -0.15) is 0 Å². The minimum Gasteiger partial charge on any atom is -0.325 e. The molecule has 24 heavy (non-hydrogen) atoms. The Morgan fingerprint density at radius 2 is 1.54 bits per heavy atom. The number of hydrogen-bond donors (Lipinski definition) is 1. The van der Waals surface area contributed by atoms with Crippen molar-refractivity contribution < 1.29 is 14.4 Å². The van der Waals surface area contributed by atoms with E-state index in [1.54, 1.807) is 24.3 Å². The first-order chi connectivity index (χ1) is 11.6. The highest BCUT2D eigenvalue weighted by Gasteiger charge is 2.36. The fourth-order valence-electron chi connectivity index (χ4n) is 2.77. The van der Waals surface area contributed by atoms with Crippen LogP contribution in [0.1, 0.15) is 39.6 Å². The molecule has 1 aliphatic rings. The summed E-state index contributed by atoms with van der Waals surface area (Å²) in [5.41, 5.74) is 2.55. The molecule has 0 spiro atoms. The first-order valence-corrected chi connectivity index (χ1v) is 7.94. The monoisotopic (exact) mass is 322 g/mol. The minimum atomic E-state index is -0.427. The van der Waals surface area contributed by atoms with E-state index in [0.717, 1.165) is 17.7 Å². The van der Waals surface area contributed by atoms with Crippen molar-refractivity contribution in [1.82, 2.24) is 4.90 Å². The quantitative estimate of drug-likeness (QED) is 0.861. The van der Waals surface area contributed by atoms with Crippen LogP contribution in [0.2, 0.25) is 0 Å². The first-order valence-electron chi connectivity index (χ1n) is 7.94. The molecule has 3 rings (SSSR count). The Hall–Kier alpha value is -2.95. The fraction of sp³-hybridized carbons (Fsp3) is 0.211. The van der Waals surface area contributed by atoms with Gasteiger partial charge in [-0.15, -0.1) is 0 Å². The van der Waals surface area contributed by atoms with Crippen LogP contribution in [0.25, 0.3) is 0 Å². The number of aryl methyl sites for hydroxylation is 1. The molecule has 2 aromatic carbocycles. The van der Waals surface area contributed by atoms with Gasteiger partial charge in [-0.1, -0.05) is 37.6 Å². The number of imide groups is 1. The Labute approximate surface area is 140 Å². The van der Waals surface area contributed by atoms with Crippen molar-refractivity contribution in [3.05, 3.63) is 65.2 Å². The molecule has 0 unspecified atom stereocenters. The van der Waals surface area contributed by atoms with Crippen LogP contribution in [-0.4, -0.2) is 29.2 Å². The minimum absolute atomic E-state index is 0.289. The Bertz CT molecular complexity index is 762. The molecule has 1 heterocycles. The maximum Gasteiger partial charge on any atom is 0.262 e. The van der Waals surface area contributed by atoms with E-state index in [-0.39, 0.29) is 6.54 Å². The number of fused-ring (bicyclic) bond motifs is 1. The molecule has 0 saturated heterocycles. The Balaban J connectivity index is 1.65. The van der Waals surface area contributed by atoms with Gasteiger partial charge in [0.25, 0.3) is 11.8 Å². The average molecular weight is 322 g/mol. The molecular formula is C19H18N2O3. The highest BCUT2D eigenvalue weighted by atomic mass is 16.2. The van der Waals surface area contributed by atoms with E-state index in [4.69, 9.17) is 0 Å². The van der Waals surface area contributed by atoms with Gasteiger partial charge >= 0.3 is 0 Å². The second-order valence-electron chi connectivity index (χ2n) is 5.74. The van der Waals surface area contributed by atoms with E-state index in [2.05, 4.69) is 12.2 Å². The van der Waals surface area contributed by atoms with Gasteiger partial charge in [-0.3, -0.25) is 19.3 Å². The maximum absolute atomic E-state index is 12.2. The number of nitrogens with zero attached hydrogens (tertiary/aromatic N) is 1. The Morgan fingerprint density at radius 3 is 2.08 bits per heavy atom. The SMILES string of the molecule is CCCc1ccc(NC(=O)CN2C(=O)c3ccccc3C2=O)cc1. The van der Waals surface area contributed by atoms with Crippen molar-refractivity contribution in [1.29, 1.82) is 0 Å². The molecule has 1 N–H and O–H groups in total. The van der Waals surface area contributed by atoms with Gasteiger partial charge in [-0.25, -0.2) is 0 Å². The summed E-state index contributed by atoms with van der Waals surface area (Å²) in [7, 11) is 0. The summed E-state index contributed by atoms with van der Waals surface area (Å²) < 4.78 is 0. The van der Waals surface area contributed by atoms with Crippen molar-refractivity contribution >= 4 is 23.4 Å². The van der Waals surface area contributed by atoms with Crippen LogP contribution in [0.15, 0.2) is 48.5 Å². The molecule has 3 amide bonds. The van der Waals surface area contributed by atoms with Gasteiger partial charge in [-0.05, 0) is 36.2 Å². The molecule has 5 nitrogen and oxygen atoms in total. The van der Waals surface area contributed by atoms with Gasteiger partial charge in [0.15, 0.2) is 0 Å². The molecular weight excluding hydrogens is 304 g/mol. The molecule has 0 radical (unpaired) electrons. The second-order valence-corrected chi connectivity index (χ2v) is 5.74. The lowest BCUT2D eigenvalue weighted by Crippen LogP contribution is -2.37. The number of hydrogen-bond acceptors (Lipinski definition) is 3. The van der Waals surface area contributed by atoms with Gasteiger partial charge in [0, 0.05) is 5.69 Å². The van der Waals surface area contributed by atoms with Crippen LogP contribution in [-0.2, 0) is 11.2 Å². The van der Waals surface area contributed by atoms with Crippen molar-refractivity contribution in [2.45, 2.75) is 19.8 Å². The normalized spacial score (nSPS) is 13.1. The maximum atomic E-state index is 12.2. The third-order valence-electron chi connectivity index (χ3n) is 3.96. The number of rotatable bonds is 5. The Kier molecular flexibility index (Phi) is 4.42. The van der Waals surface area contributed by atoms with E-state index in [9.17, 15) is 14.4 Å². The number of amides is 3. The van der Waals surface area contributed by atoms with Gasteiger partial charge < -0.3 is 5.32 Å². The summed E-state index contributed by atoms with van der Waals surface area (Å²) in [6.45, 7) is 1.82. The van der Waals surface area contributed by atoms with Crippen molar-refractivity contribution in [3.63, 3.8) is 0 Å². The zero-order valence-corrected chi connectivity index (χ0v) is 13.4.